The first-order valence-corrected chi connectivity index (χ1v) is 11.2. The monoisotopic (exact) mass is 513 g/mol. The molecule has 3 unspecified atom stereocenters. The fourth-order valence-corrected chi connectivity index (χ4v) is 3.96. The van der Waals surface area contributed by atoms with E-state index in [1.807, 2.05) is 6.92 Å². The molecule has 0 spiro atoms. The summed E-state index contributed by atoms with van der Waals surface area (Å²) in [5.41, 5.74) is -0.671. The zero-order chi connectivity index (χ0) is 24.4. The number of carboxylic acid groups (broad SMARTS) is 1. The number of hydrogen-bond donors (Lipinski definition) is 2. The molecule has 0 aromatic carbocycles. The number of ether oxygens (including phenoxy) is 2. The first-order chi connectivity index (χ1) is 14.6. The molecule has 0 bridgehead atoms. The highest BCUT2D eigenvalue weighted by Crippen LogP contribution is 2.29. The molecule has 178 valence electrons. The van der Waals surface area contributed by atoms with Crippen LogP contribution in [-0.4, -0.2) is 63.3 Å². The van der Waals surface area contributed by atoms with Crippen molar-refractivity contribution >= 4 is 33.9 Å². The standard InChI is InChI=1S/C22H32BrN3O6/c1-12-8-13(10-16(23)24-12)31-14-9-15(19(28)29)26(11-14)18(27)17(21(2,3)4)25-20(30)32-22(5,6)7/h8,10,14-15,17H,9,11H2,1-7H3,(H,25,30)(H,28,29). The van der Waals surface area contributed by atoms with Crippen LogP contribution in [0.3, 0.4) is 0 Å². The molecule has 9 nitrogen and oxygen atoms in total. The van der Waals surface area contributed by atoms with E-state index < -0.39 is 47.2 Å². The van der Waals surface area contributed by atoms with E-state index in [0.717, 1.165) is 5.69 Å². The lowest BCUT2D eigenvalue weighted by Crippen LogP contribution is -2.57. The Kier molecular flexibility index (Phi) is 7.80. The molecule has 0 aliphatic carbocycles. The number of aromatic nitrogens is 1. The van der Waals surface area contributed by atoms with Crippen molar-refractivity contribution in [3.05, 3.63) is 22.4 Å². The number of aliphatic carboxylic acids is 1. The molecule has 10 heteroatoms. The van der Waals surface area contributed by atoms with Gasteiger partial charge in [0.2, 0.25) is 5.91 Å². The number of amides is 2. The Balaban J connectivity index is 2.23. The van der Waals surface area contributed by atoms with E-state index in [-0.39, 0.29) is 13.0 Å². The molecule has 1 saturated heterocycles. The number of halogens is 1. The van der Waals surface area contributed by atoms with Crippen molar-refractivity contribution in [2.45, 2.75) is 78.7 Å². The SMILES string of the molecule is Cc1cc(OC2CC(C(=O)O)N(C(=O)C(NC(=O)OC(C)(C)C)C(C)(C)C)C2)cc(Br)n1. The van der Waals surface area contributed by atoms with Gasteiger partial charge < -0.3 is 24.8 Å². The van der Waals surface area contributed by atoms with E-state index in [1.165, 1.54) is 4.90 Å². The van der Waals surface area contributed by atoms with Crippen molar-refractivity contribution in [3.63, 3.8) is 0 Å². The Morgan fingerprint density at radius 1 is 1.22 bits per heavy atom. The third kappa shape index (κ3) is 7.08. The molecule has 1 fully saturated rings. The number of likely N-dealkylation sites (tertiary alicyclic amines) is 1. The maximum Gasteiger partial charge on any atom is 0.408 e. The molecule has 0 radical (unpaired) electrons. The third-order valence-electron chi connectivity index (χ3n) is 4.80. The number of alkyl carbamates (subject to hydrolysis) is 1. The smallest absolute Gasteiger partial charge is 0.408 e. The van der Waals surface area contributed by atoms with Crippen LogP contribution in [0.1, 0.15) is 53.7 Å². The van der Waals surface area contributed by atoms with Crippen molar-refractivity contribution < 1.29 is 29.0 Å². The Hall–Kier alpha value is -2.36. The minimum Gasteiger partial charge on any atom is -0.488 e. The number of nitrogens with one attached hydrogen (secondary N) is 1. The van der Waals surface area contributed by atoms with Crippen molar-refractivity contribution in [1.82, 2.24) is 15.2 Å². The highest BCUT2D eigenvalue weighted by molar-refractivity contribution is 9.10. The van der Waals surface area contributed by atoms with Crippen LogP contribution in [0, 0.1) is 12.3 Å². The van der Waals surface area contributed by atoms with Crippen molar-refractivity contribution in [2.75, 3.05) is 6.54 Å². The van der Waals surface area contributed by atoms with Crippen LogP contribution in [0.2, 0.25) is 0 Å². The molecule has 0 saturated carbocycles. The zero-order valence-corrected chi connectivity index (χ0v) is 21.1. The number of pyridine rings is 1. The molecular weight excluding hydrogens is 482 g/mol. The number of carbonyl (C=O) groups is 3. The van der Waals surface area contributed by atoms with Crippen LogP contribution >= 0.6 is 15.9 Å². The topological polar surface area (TPSA) is 118 Å². The Labute approximate surface area is 197 Å². The highest BCUT2D eigenvalue weighted by Gasteiger charge is 2.46. The average molecular weight is 514 g/mol. The molecule has 2 heterocycles. The maximum atomic E-state index is 13.4. The fraction of sp³-hybridized carbons (Fsp3) is 0.636. The second kappa shape index (κ2) is 9.64. The van der Waals surface area contributed by atoms with Gasteiger partial charge in [-0.15, -0.1) is 0 Å². The van der Waals surface area contributed by atoms with Gasteiger partial charge in [-0.05, 0) is 49.0 Å². The second-order valence-electron chi connectivity index (χ2n) is 10.0. The molecule has 3 atom stereocenters. The van der Waals surface area contributed by atoms with E-state index in [2.05, 4.69) is 26.2 Å². The van der Waals surface area contributed by atoms with Gasteiger partial charge in [-0.25, -0.2) is 14.6 Å². The minimum atomic E-state index is -1.12. The summed E-state index contributed by atoms with van der Waals surface area (Å²) in [6, 6.07) is 1.39. The number of aryl methyl sites for hydroxylation is 1. The van der Waals surface area contributed by atoms with Crippen LogP contribution in [0.15, 0.2) is 16.7 Å². The van der Waals surface area contributed by atoms with Gasteiger partial charge in [-0.2, -0.15) is 0 Å². The molecular formula is C22H32BrN3O6. The van der Waals surface area contributed by atoms with E-state index >= 15 is 0 Å². The first kappa shape index (κ1) is 25.9. The summed E-state index contributed by atoms with van der Waals surface area (Å²) in [4.78, 5) is 43.2. The summed E-state index contributed by atoms with van der Waals surface area (Å²) in [6.07, 6.45) is -1.12. The first-order valence-electron chi connectivity index (χ1n) is 10.4. The van der Waals surface area contributed by atoms with E-state index in [0.29, 0.717) is 10.4 Å². The summed E-state index contributed by atoms with van der Waals surface area (Å²) in [5, 5.41) is 12.4. The predicted molar refractivity (Wildman–Crippen MR) is 121 cm³/mol. The molecule has 32 heavy (non-hydrogen) atoms. The number of hydrogen-bond acceptors (Lipinski definition) is 6. The predicted octanol–water partition coefficient (Wildman–Crippen LogP) is 3.52. The largest absolute Gasteiger partial charge is 0.488 e. The van der Waals surface area contributed by atoms with Gasteiger partial charge in [0.25, 0.3) is 0 Å². The average Bonchev–Trinajstić information content (AvgIpc) is 2.99. The summed E-state index contributed by atoms with van der Waals surface area (Å²) >= 11 is 3.32. The third-order valence-corrected chi connectivity index (χ3v) is 5.21. The normalized spacial score (nSPS) is 19.9. The van der Waals surface area contributed by atoms with Crippen molar-refractivity contribution in [3.8, 4) is 5.75 Å². The molecule has 1 aromatic heterocycles. The van der Waals surface area contributed by atoms with E-state index in [1.54, 1.807) is 53.7 Å². The quantitative estimate of drug-likeness (QED) is 0.578. The fourth-order valence-electron chi connectivity index (χ4n) is 3.46. The highest BCUT2D eigenvalue weighted by atomic mass is 79.9. The van der Waals surface area contributed by atoms with Gasteiger partial charge >= 0.3 is 12.1 Å². The van der Waals surface area contributed by atoms with Gasteiger partial charge in [0.05, 0.1) is 6.54 Å². The Bertz CT molecular complexity index is 857. The summed E-state index contributed by atoms with van der Waals surface area (Å²) in [6.45, 7) is 12.5. The molecule has 2 N–H and O–H groups in total. The Morgan fingerprint density at radius 2 is 1.84 bits per heavy atom. The number of rotatable bonds is 5. The lowest BCUT2D eigenvalue weighted by atomic mass is 9.85. The van der Waals surface area contributed by atoms with Gasteiger partial charge in [0.15, 0.2) is 0 Å². The lowest BCUT2D eigenvalue weighted by molar-refractivity contribution is -0.150. The summed E-state index contributed by atoms with van der Waals surface area (Å²) < 4.78 is 11.9. The van der Waals surface area contributed by atoms with Gasteiger partial charge in [0, 0.05) is 24.2 Å². The summed E-state index contributed by atoms with van der Waals surface area (Å²) in [5.74, 6) is -1.08. The van der Waals surface area contributed by atoms with E-state index in [9.17, 15) is 19.5 Å². The second-order valence-corrected chi connectivity index (χ2v) is 10.8. The van der Waals surface area contributed by atoms with Crippen LogP contribution < -0.4 is 10.1 Å². The number of carboxylic acids is 1. The molecule has 1 aromatic rings. The number of carbonyl (C=O) groups excluding carboxylic acids is 2. The van der Waals surface area contributed by atoms with E-state index in [4.69, 9.17) is 9.47 Å². The summed E-state index contributed by atoms with van der Waals surface area (Å²) in [7, 11) is 0. The van der Waals surface area contributed by atoms with Gasteiger partial charge in [0.1, 0.15) is 34.1 Å². The molecule has 1 aliphatic rings. The zero-order valence-electron chi connectivity index (χ0n) is 19.6. The molecule has 1 aliphatic heterocycles. The minimum absolute atomic E-state index is 0.0807. The van der Waals surface area contributed by atoms with Gasteiger partial charge in [-0.3, -0.25) is 4.79 Å². The molecule has 2 rings (SSSR count). The molecule has 2 amide bonds. The van der Waals surface area contributed by atoms with Crippen LogP contribution in [0.25, 0.3) is 0 Å². The van der Waals surface area contributed by atoms with Crippen molar-refractivity contribution in [1.29, 1.82) is 0 Å². The van der Waals surface area contributed by atoms with Gasteiger partial charge in [-0.1, -0.05) is 20.8 Å². The van der Waals surface area contributed by atoms with Crippen molar-refractivity contribution in [2.24, 2.45) is 5.41 Å². The Morgan fingerprint density at radius 3 is 2.34 bits per heavy atom. The number of nitrogens with zero attached hydrogens (tertiary/aromatic N) is 2. The van der Waals surface area contributed by atoms with Crippen LogP contribution in [-0.2, 0) is 14.3 Å². The van der Waals surface area contributed by atoms with Crippen LogP contribution in [0.4, 0.5) is 4.79 Å². The maximum absolute atomic E-state index is 13.4. The lowest BCUT2D eigenvalue weighted by Gasteiger charge is -2.35. The van der Waals surface area contributed by atoms with Crippen LogP contribution in [0.5, 0.6) is 5.75 Å².